The van der Waals surface area contributed by atoms with Crippen molar-refractivity contribution in [1.29, 1.82) is 0 Å². The molecule has 5 rings (SSSR count). The van der Waals surface area contributed by atoms with E-state index in [1.165, 1.54) is 30.4 Å². The molecular formula is C26H21N3O3. The van der Waals surface area contributed by atoms with E-state index in [4.69, 9.17) is 0 Å². The number of fused-ring (bicyclic) bond motifs is 2. The molecule has 0 aliphatic carbocycles. The Labute approximate surface area is 184 Å². The third-order valence-electron chi connectivity index (χ3n) is 5.98. The zero-order valence-electron chi connectivity index (χ0n) is 17.8. The minimum atomic E-state index is -0.629. The fourth-order valence-corrected chi connectivity index (χ4v) is 4.27. The number of urea groups is 1. The highest BCUT2D eigenvalue weighted by molar-refractivity contribution is 6.31. The number of amides is 4. The van der Waals surface area contributed by atoms with Gasteiger partial charge in [-0.05, 0) is 28.5 Å². The molecule has 0 N–H and O–H groups in total. The first kappa shape index (κ1) is 19.8. The van der Waals surface area contributed by atoms with E-state index >= 15 is 0 Å². The monoisotopic (exact) mass is 423 g/mol. The molecule has 2 heterocycles. The second kappa shape index (κ2) is 7.50. The van der Waals surface area contributed by atoms with Crippen LogP contribution in [0.5, 0.6) is 0 Å². The molecule has 0 radical (unpaired) electrons. The van der Waals surface area contributed by atoms with Crippen molar-refractivity contribution in [2.45, 2.75) is 6.54 Å². The van der Waals surface area contributed by atoms with Crippen LogP contribution in [-0.2, 0) is 16.1 Å². The summed E-state index contributed by atoms with van der Waals surface area (Å²) < 4.78 is 2.12. The van der Waals surface area contributed by atoms with Gasteiger partial charge in [-0.3, -0.25) is 19.4 Å². The Kier molecular flexibility index (Phi) is 4.63. The number of carbonyl (C=O) groups excluding carboxylic acids is 3. The Morgan fingerprint density at radius 2 is 1.38 bits per heavy atom. The van der Waals surface area contributed by atoms with Crippen molar-refractivity contribution in [3.8, 4) is 0 Å². The molecule has 4 aromatic rings. The fourth-order valence-electron chi connectivity index (χ4n) is 4.27. The number of rotatable bonds is 3. The molecule has 1 fully saturated rings. The van der Waals surface area contributed by atoms with Gasteiger partial charge in [0.2, 0.25) is 0 Å². The van der Waals surface area contributed by atoms with E-state index in [2.05, 4.69) is 28.8 Å². The summed E-state index contributed by atoms with van der Waals surface area (Å²) >= 11 is 0. The normalized spacial score (nSPS) is 14.7. The van der Waals surface area contributed by atoms with Gasteiger partial charge in [-0.15, -0.1) is 0 Å². The van der Waals surface area contributed by atoms with Crippen molar-refractivity contribution in [1.82, 2.24) is 14.4 Å². The van der Waals surface area contributed by atoms with Crippen LogP contribution in [0.1, 0.15) is 11.1 Å². The Balaban J connectivity index is 1.62. The first-order chi connectivity index (χ1) is 15.5. The third kappa shape index (κ3) is 3.08. The Bertz CT molecular complexity index is 1420. The molecule has 4 amide bonds. The standard InChI is InChI=1S/C26H21N3O3/c1-27-24(30)22(25(31)28(2)26(27)32)14-19-16-29(23-13-6-5-12-21(19)23)15-18-10-7-9-17-8-3-4-11-20(17)18/h3-14,16H,15H2,1-2H3. The van der Waals surface area contributed by atoms with E-state index in [0.29, 0.717) is 6.54 Å². The summed E-state index contributed by atoms with van der Waals surface area (Å²) in [5, 5.41) is 3.30. The minimum absolute atomic E-state index is 0.0253. The summed E-state index contributed by atoms with van der Waals surface area (Å²) in [6, 6.07) is 21.8. The molecule has 0 spiro atoms. The van der Waals surface area contributed by atoms with E-state index in [0.717, 1.165) is 26.3 Å². The molecular weight excluding hydrogens is 402 g/mol. The molecule has 0 bridgehead atoms. The maximum Gasteiger partial charge on any atom is 0.333 e. The van der Waals surface area contributed by atoms with Crippen LogP contribution in [0, 0.1) is 0 Å². The molecule has 0 saturated carbocycles. The maximum absolute atomic E-state index is 12.7. The van der Waals surface area contributed by atoms with Gasteiger partial charge in [0.15, 0.2) is 0 Å². The number of hydrogen-bond donors (Lipinski definition) is 0. The average Bonchev–Trinajstić information content (AvgIpc) is 3.17. The van der Waals surface area contributed by atoms with Crippen LogP contribution in [0.4, 0.5) is 4.79 Å². The Morgan fingerprint density at radius 1 is 0.750 bits per heavy atom. The molecule has 1 aromatic heterocycles. The van der Waals surface area contributed by atoms with Gasteiger partial charge in [0.25, 0.3) is 11.8 Å². The molecule has 6 heteroatoms. The molecule has 3 aromatic carbocycles. The van der Waals surface area contributed by atoms with Crippen LogP contribution >= 0.6 is 0 Å². The Hall–Kier alpha value is -4.19. The van der Waals surface area contributed by atoms with Gasteiger partial charge in [0.05, 0.1) is 0 Å². The zero-order valence-corrected chi connectivity index (χ0v) is 17.8. The average molecular weight is 423 g/mol. The molecule has 0 unspecified atom stereocenters. The van der Waals surface area contributed by atoms with Gasteiger partial charge >= 0.3 is 6.03 Å². The summed E-state index contributed by atoms with van der Waals surface area (Å²) in [6.45, 7) is 0.644. The van der Waals surface area contributed by atoms with Crippen LogP contribution in [0.2, 0.25) is 0 Å². The van der Waals surface area contributed by atoms with Crippen molar-refractivity contribution in [3.05, 3.63) is 89.6 Å². The lowest BCUT2D eigenvalue weighted by Crippen LogP contribution is -2.52. The summed E-state index contributed by atoms with van der Waals surface area (Å²) in [5.41, 5.74) is 2.91. The second-order valence-corrected chi connectivity index (χ2v) is 7.94. The largest absolute Gasteiger partial charge is 0.342 e. The molecule has 1 aliphatic heterocycles. The van der Waals surface area contributed by atoms with Crippen molar-refractivity contribution in [2.75, 3.05) is 14.1 Å². The van der Waals surface area contributed by atoms with E-state index in [9.17, 15) is 14.4 Å². The number of likely N-dealkylation sites (N-methyl/N-ethyl adjacent to an activating group) is 2. The number of para-hydroxylation sites is 1. The van der Waals surface area contributed by atoms with Gasteiger partial charge in [-0.25, -0.2) is 4.79 Å². The van der Waals surface area contributed by atoms with E-state index in [1.807, 2.05) is 48.7 Å². The van der Waals surface area contributed by atoms with Gasteiger partial charge in [-0.1, -0.05) is 60.7 Å². The van der Waals surface area contributed by atoms with Crippen molar-refractivity contribution >= 4 is 45.6 Å². The highest BCUT2D eigenvalue weighted by atomic mass is 16.2. The number of aromatic nitrogens is 1. The van der Waals surface area contributed by atoms with E-state index in [1.54, 1.807) is 6.08 Å². The van der Waals surface area contributed by atoms with Crippen LogP contribution < -0.4 is 0 Å². The highest BCUT2D eigenvalue weighted by Gasteiger charge is 2.37. The van der Waals surface area contributed by atoms with Crippen molar-refractivity contribution in [2.24, 2.45) is 0 Å². The number of hydrogen-bond acceptors (Lipinski definition) is 3. The van der Waals surface area contributed by atoms with Crippen molar-refractivity contribution < 1.29 is 14.4 Å². The van der Waals surface area contributed by atoms with Gasteiger partial charge < -0.3 is 4.57 Å². The predicted octanol–water partition coefficient (Wildman–Crippen LogP) is 4.28. The number of carbonyl (C=O) groups is 3. The third-order valence-corrected chi connectivity index (χ3v) is 5.98. The molecule has 1 saturated heterocycles. The lowest BCUT2D eigenvalue weighted by atomic mass is 10.0. The zero-order chi connectivity index (χ0) is 22.4. The lowest BCUT2D eigenvalue weighted by Gasteiger charge is -2.28. The molecule has 158 valence electrons. The van der Waals surface area contributed by atoms with Crippen LogP contribution in [0.25, 0.3) is 27.8 Å². The highest BCUT2D eigenvalue weighted by Crippen LogP contribution is 2.28. The summed E-state index contributed by atoms with van der Waals surface area (Å²) in [5.74, 6) is -1.19. The number of benzene rings is 3. The topological polar surface area (TPSA) is 62.6 Å². The second-order valence-electron chi connectivity index (χ2n) is 7.94. The molecule has 0 atom stereocenters. The smallest absolute Gasteiger partial charge is 0.333 e. The molecule has 32 heavy (non-hydrogen) atoms. The van der Waals surface area contributed by atoms with Gasteiger partial charge in [0.1, 0.15) is 5.57 Å². The predicted molar refractivity (Wildman–Crippen MR) is 124 cm³/mol. The van der Waals surface area contributed by atoms with Gasteiger partial charge in [-0.2, -0.15) is 0 Å². The Morgan fingerprint density at radius 3 is 2.12 bits per heavy atom. The van der Waals surface area contributed by atoms with Crippen LogP contribution in [-0.4, -0.2) is 46.3 Å². The minimum Gasteiger partial charge on any atom is -0.342 e. The van der Waals surface area contributed by atoms with Gasteiger partial charge in [0, 0.05) is 43.3 Å². The maximum atomic E-state index is 12.7. The van der Waals surface area contributed by atoms with E-state index in [-0.39, 0.29) is 5.57 Å². The number of nitrogens with zero attached hydrogens (tertiary/aromatic N) is 3. The quantitative estimate of drug-likeness (QED) is 0.365. The lowest BCUT2D eigenvalue weighted by molar-refractivity contribution is -0.134. The SMILES string of the molecule is CN1C(=O)C(=Cc2cn(Cc3cccc4ccccc34)c3ccccc23)C(=O)N(C)C1=O. The first-order valence-corrected chi connectivity index (χ1v) is 10.3. The molecule has 1 aliphatic rings. The molecule has 6 nitrogen and oxygen atoms in total. The van der Waals surface area contributed by atoms with Crippen molar-refractivity contribution in [3.63, 3.8) is 0 Å². The van der Waals surface area contributed by atoms with E-state index < -0.39 is 17.8 Å². The summed E-state index contributed by atoms with van der Waals surface area (Å²) in [4.78, 5) is 39.3. The van der Waals surface area contributed by atoms with Crippen LogP contribution in [0.15, 0.2) is 78.5 Å². The van der Waals surface area contributed by atoms with Crippen LogP contribution in [0.3, 0.4) is 0 Å². The first-order valence-electron chi connectivity index (χ1n) is 10.3. The summed E-state index contributed by atoms with van der Waals surface area (Å²) in [6.07, 6.45) is 3.54. The fraction of sp³-hybridized carbons (Fsp3) is 0.115. The number of barbiturate groups is 1. The summed E-state index contributed by atoms with van der Waals surface area (Å²) in [7, 11) is 2.76. The number of imide groups is 2.